The molecule has 2 N–H and O–H groups in total. The molecule has 0 aliphatic heterocycles. The van der Waals surface area contributed by atoms with Gasteiger partial charge in [-0.05, 0) is 45.9 Å². The number of ether oxygens (including phenoxy) is 2. The number of aliphatic carboxylic acids is 1. The second-order valence-corrected chi connectivity index (χ2v) is 7.22. The summed E-state index contributed by atoms with van der Waals surface area (Å²) < 4.78 is 10.6. The van der Waals surface area contributed by atoms with Crippen LogP contribution in [0.15, 0.2) is 18.2 Å². The average Bonchev–Trinajstić information content (AvgIpc) is 2.58. The summed E-state index contributed by atoms with van der Waals surface area (Å²) in [5.41, 5.74) is -2.98. The summed E-state index contributed by atoms with van der Waals surface area (Å²) in [7, 11) is 0. The van der Waals surface area contributed by atoms with E-state index in [0.29, 0.717) is 6.29 Å². The Morgan fingerprint density at radius 1 is 1.31 bits per heavy atom. The predicted molar refractivity (Wildman–Crippen MR) is 99.0 cm³/mol. The maximum Gasteiger partial charge on any atom is 0.408 e. The molecular weight excluding hydrogens is 388 g/mol. The van der Waals surface area contributed by atoms with Gasteiger partial charge in [0.25, 0.3) is 5.09 Å². The number of benzene rings is 1. The zero-order valence-corrected chi connectivity index (χ0v) is 16.8. The Hall–Kier alpha value is -3.37. The van der Waals surface area contributed by atoms with E-state index in [-0.39, 0.29) is 23.3 Å². The van der Waals surface area contributed by atoms with Crippen LogP contribution in [0.1, 0.15) is 57.0 Å². The van der Waals surface area contributed by atoms with Gasteiger partial charge in [-0.15, -0.1) is 10.1 Å². The molecule has 0 radical (unpaired) electrons. The molecule has 11 nitrogen and oxygen atoms in total. The number of aldehydes is 1. The van der Waals surface area contributed by atoms with Crippen LogP contribution in [0.3, 0.4) is 0 Å². The van der Waals surface area contributed by atoms with Gasteiger partial charge in [-0.1, -0.05) is 6.92 Å². The number of carboxylic acid groups (broad SMARTS) is 1. The SMILES string of the molecule is CCC(Oc1ccc(C=O)cc1C(C)(NC(=O)OC(C)(C)C)C(=O)O)O[N+](=O)[O-]. The van der Waals surface area contributed by atoms with Gasteiger partial charge in [-0.3, -0.25) is 9.63 Å². The Balaban J connectivity index is 3.42. The van der Waals surface area contributed by atoms with E-state index >= 15 is 0 Å². The maximum absolute atomic E-state index is 12.2. The summed E-state index contributed by atoms with van der Waals surface area (Å²) in [4.78, 5) is 50.5. The largest absolute Gasteiger partial charge is 0.479 e. The number of rotatable bonds is 9. The fourth-order valence-electron chi connectivity index (χ4n) is 2.28. The van der Waals surface area contributed by atoms with Crippen molar-refractivity contribution < 1.29 is 38.9 Å². The van der Waals surface area contributed by atoms with Crippen molar-refractivity contribution in [3.05, 3.63) is 39.4 Å². The standard InChI is InChI=1S/C18H24N2O9/c1-6-14(29-20(25)26)27-13-8-7-11(10-21)9-12(13)18(5,15(22)23)19-16(24)28-17(2,3)4/h7-10,14H,6H2,1-5H3,(H,19,24)(H,22,23). The van der Waals surface area contributed by atoms with Gasteiger partial charge in [0.1, 0.15) is 17.6 Å². The number of nitrogens with zero attached hydrogens (tertiary/aromatic N) is 1. The predicted octanol–water partition coefficient (Wildman–Crippen LogP) is 2.65. The molecule has 1 aromatic rings. The number of nitrogens with one attached hydrogen (secondary N) is 1. The Labute approximate surface area is 167 Å². The fraction of sp³-hybridized carbons (Fsp3) is 0.500. The molecule has 0 bridgehead atoms. The van der Waals surface area contributed by atoms with Gasteiger partial charge in [0.2, 0.25) is 6.29 Å². The normalized spacial score (nSPS) is 14.1. The topological polar surface area (TPSA) is 154 Å². The Morgan fingerprint density at radius 2 is 1.93 bits per heavy atom. The quantitative estimate of drug-likeness (QED) is 0.269. The molecule has 1 rings (SSSR count). The molecule has 0 spiro atoms. The lowest BCUT2D eigenvalue weighted by molar-refractivity contribution is -0.778. The zero-order chi connectivity index (χ0) is 22.4. The van der Waals surface area contributed by atoms with Gasteiger partial charge in [0, 0.05) is 17.5 Å². The van der Waals surface area contributed by atoms with Crippen LogP contribution < -0.4 is 10.1 Å². The molecular formula is C18H24N2O9. The van der Waals surface area contributed by atoms with Crippen molar-refractivity contribution in [2.24, 2.45) is 0 Å². The van der Waals surface area contributed by atoms with Crippen LogP contribution in [0.4, 0.5) is 4.79 Å². The van der Waals surface area contributed by atoms with E-state index < -0.39 is 34.6 Å². The Kier molecular flexibility index (Phi) is 7.52. The van der Waals surface area contributed by atoms with Gasteiger partial charge in [-0.25, -0.2) is 9.59 Å². The second-order valence-electron chi connectivity index (χ2n) is 7.22. The summed E-state index contributed by atoms with van der Waals surface area (Å²) in [5, 5.41) is 21.6. The molecule has 0 aliphatic rings. The summed E-state index contributed by atoms with van der Waals surface area (Å²) >= 11 is 0. The lowest BCUT2D eigenvalue weighted by Crippen LogP contribution is -2.51. The van der Waals surface area contributed by atoms with Crippen LogP contribution >= 0.6 is 0 Å². The van der Waals surface area contributed by atoms with Gasteiger partial charge in [0.05, 0.1) is 0 Å². The molecule has 160 valence electrons. The molecule has 0 saturated heterocycles. The minimum atomic E-state index is -2.08. The van der Waals surface area contributed by atoms with Crippen LogP contribution in [-0.2, 0) is 19.9 Å². The molecule has 11 heteroatoms. The summed E-state index contributed by atoms with van der Waals surface area (Å²) in [6.45, 7) is 7.54. The van der Waals surface area contributed by atoms with Crippen LogP contribution in [0.5, 0.6) is 5.75 Å². The number of carbonyl (C=O) groups is 3. The van der Waals surface area contributed by atoms with E-state index in [9.17, 15) is 29.6 Å². The van der Waals surface area contributed by atoms with Gasteiger partial charge >= 0.3 is 12.1 Å². The minimum Gasteiger partial charge on any atom is -0.479 e. The molecule has 2 unspecified atom stereocenters. The van der Waals surface area contributed by atoms with Crippen LogP contribution in [-0.4, -0.2) is 40.4 Å². The molecule has 1 aromatic carbocycles. The van der Waals surface area contributed by atoms with E-state index in [1.807, 2.05) is 0 Å². The second kappa shape index (κ2) is 9.22. The van der Waals surface area contributed by atoms with E-state index in [1.54, 1.807) is 27.7 Å². The van der Waals surface area contributed by atoms with Crippen molar-refractivity contribution in [2.75, 3.05) is 0 Å². The number of hydrogen-bond acceptors (Lipinski definition) is 8. The number of alkyl carbamates (subject to hydrolysis) is 1. The number of carbonyl (C=O) groups excluding carboxylic acids is 2. The first-order valence-corrected chi connectivity index (χ1v) is 8.64. The monoisotopic (exact) mass is 412 g/mol. The van der Waals surface area contributed by atoms with E-state index in [2.05, 4.69) is 10.2 Å². The minimum absolute atomic E-state index is 0.0686. The van der Waals surface area contributed by atoms with Crippen molar-refractivity contribution >= 4 is 18.3 Å². The summed E-state index contributed by atoms with van der Waals surface area (Å²) in [5.74, 6) is -1.59. The van der Waals surface area contributed by atoms with Crippen LogP contribution in [0, 0.1) is 10.1 Å². The molecule has 0 aromatic heterocycles. The van der Waals surface area contributed by atoms with Crippen molar-refractivity contribution in [1.82, 2.24) is 5.32 Å². The van der Waals surface area contributed by atoms with Gasteiger partial charge in [0.15, 0.2) is 5.54 Å². The average molecular weight is 412 g/mol. The molecule has 1 amide bonds. The lowest BCUT2D eigenvalue weighted by atomic mass is 9.90. The smallest absolute Gasteiger partial charge is 0.408 e. The Morgan fingerprint density at radius 3 is 2.38 bits per heavy atom. The molecule has 0 heterocycles. The first-order valence-electron chi connectivity index (χ1n) is 8.64. The molecule has 29 heavy (non-hydrogen) atoms. The molecule has 0 fully saturated rings. The summed E-state index contributed by atoms with van der Waals surface area (Å²) in [6, 6.07) is 3.80. The van der Waals surface area contributed by atoms with E-state index in [4.69, 9.17) is 9.47 Å². The fourth-order valence-corrected chi connectivity index (χ4v) is 2.28. The highest BCUT2D eigenvalue weighted by Gasteiger charge is 2.41. The van der Waals surface area contributed by atoms with E-state index in [0.717, 1.165) is 0 Å². The molecule has 0 aliphatic carbocycles. The number of hydrogen-bond donors (Lipinski definition) is 2. The highest BCUT2D eigenvalue weighted by atomic mass is 17.0. The van der Waals surface area contributed by atoms with Crippen molar-refractivity contribution in [1.29, 1.82) is 0 Å². The summed E-state index contributed by atoms with van der Waals surface area (Å²) in [6.07, 6.45) is -1.80. The van der Waals surface area contributed by atoms with Gasteiger partial charge < -0.3 is 19.9 Å². The van der Waals surface area contributed by atoms with E-state index in [1.165, 1.54) is 25.1 Å². The lowest BCUT2D eigenvalue weighted by Gasteiger charge is -2.31. The van der Waals surface area contributed by atoms with Crippen molar-refractivity contribution in [3.63, 3.8) is 0 Å². The first kappa shape index (κ1) is 23.7. The third-order valence-electron chi connectivity index (χ3n) is 3.65. The van der Waals surface area contributed by atoms with Crippen LogP contribution in [0.2, 0.25) is 0 Å². The first-order chi connectivity index (χ1) is 13.3. The van der Waals surface area contributed by atoms with Crippen molar-refractivity contribution in [3.8, 4) is 5.75 Å². The highest BCUT2D eigenvalue weighted by Crippen LogP contribution is 2.33. The third-order valence-corrected chi connectivity index (χ3v) is 3.65. The zero-order valence-electron chi connectivity index (χ0n) is 16.8. The van der Waals surface area contributed by atoms with Crippen molar-refractivity contribution in [2.45, 2.75) is 58.5 Å². The maximum atomic E-state index is 12.2. The number of carboxylic acids is 1. The molecule has 0 saturated carbocycles. The highest BCUT2D eigenvalue weighted by molar-refractivity contribution is 5.87. The molecule has 2 atom stereocenters. The Bertz CT molecular complexity index is 788. The number of amides is 1. The van der Waals surface area contributed by atoms with Crippen LogP contribution in [0.25, 0.3) is 0 Å². The third kappa shape index (κ3) is 6.63. The van der Waals surface area contributed by atoms with Gasteiger partial charge in [-0.2, -0.15) is 0 Å².